The van der Waals surface area contributed by atoms with Crippen LogP contribution < -0.4 is 11.3 Å². The highest BCUT2D eigenvalue weighted by molar-refractivity contribution is 5.29. The molecule has 1 heterocycles. The lowest BCUT2D eigenvalue weighted by atomic mass is 9.92. The molecule has 0 radical (unpaired) electrons. The Hall–Kier alpha value is -0.930. The fraction of sp³-hybridized carbons (Fsp3) is 0.667. The summed E-state index contributed by atoms with van der Waals surface area (Å²) < 4.78 is 0. The molecule has 0 saturated heterocycles. The van der Waals surface area contributed by atoms with Crippen LogP contribution in [0.3, 0.4) is 0 Å². The molecule has 2 atom stereocenters. The van der Waals surface area contributed by atoms with Gasteiger partial charge in [-0.15, -0.1) is 0 Å². The molecule has 0 bridgehead atoms. The summed E-state index contributed by atoms with van der Waals surface area (Å²) in [4.78, 5) is 4.56. The van der Waals surface area contributed by atoms with Gasteiger partial charge in [0.25, 0.3) is 0 Å². The highest BCUT2D eigenvalue weighted by Crippen LogP contribution is 2.35. The summed E-state index contributed by atoms with van der Waals surface area (Å²) in [6.07, 6.45) is 10.6. The van der Waals surface area contributed by atoms with Crippen LogP contribution in [-0.4, -0.2) is 11.0 Å². The first-order valence-corrected chi connectivity index (χ1v) is 7.26. The van der Waals surface area contributed by atoms with Gasteiger partial charge in [-0.1, -0.05) is 38.7 Å². The van der Waals surface area contributed by atoms with Gasteiger partial charge in [-0.05, 0) is 30.9 Å². The number of aryl methyl sites for hydroxylation is 1. The second-order valence-corrected chi connectivity index (χ2v) is 5.32. The van der Waals surface area contributed by atoms with Gasteiger partial charge in [0.1, 0.15) is 0 Å². The van der Waals surface area contributed by atoms with Crippen molar-refractivity contribution >= 4 is 0 Å². The van der Waals surface area contributed by atoms with Crippen LogP contribution in [0, 0.1) is 0 Å². The number of pyridine rings is 1. The van der Waals surface area contributed by atoms with Crippen LogP contribution in [0.15, 0.2) is 18.3 Å². The third-order valence-electron chi connectivity index (χ3n) is 4.07. The minimum Gasteiger partial charge on any atom is -0.271 e. The molecular formula is C15H25N3. The van der Waals surface area contributed by atoms with E-state index < -0.39 is 0 Å². The number of hydrogen-bond donors (Lipinski definition) is 2. The molecule has 0 saturated carbocycles. The van der Waals surface area contributed by atoms with E-state index in [0.29, 0.717) is 12.0 Å². The maximum Gasteiger partial charge on any atom is 0.0482 e. The largest absolute Gasteiger partial charge is 0.271 e. The molecular weight excluding hydrogens is 222 g/mol. The maximum atomic E-state index is 5.75. The minimum absolute atomic E-state index is 0.387. The van der Waals surface area contributed by atoms with Crippen molar-refractivity contribution < 1.29 is 0 Å². The molecule has 18 heavy (non-hydrogen) atoms. The lowest BCUT2D eigenvalue weighted by Crippen LogP contribution is -2.39. The number of hydrazine groups is 1. The minimum atomic E-state index is 0.387. The Morgan fingerprint density at radius 3 is 3.11 bits per heavy atom. The Morgan fingerprint density at radius 1 is 1.44 bits per heavy atom. The zero-order valence-corrected chi connectivity index (χ0v) is 11.4. The van der Waals surface area contributed by atoms with E-state index in [4.69, 9.17) is 5.84 Å². The van der Waals surface area contributed by atoms with Gasteiger partial charge in [-0.2, -0.15) is 0 Å². The number of rotatable bonds is 7. The number of unbranched alkanes of at least 4 members (excludes halogenated alkanes) is 3. The summed E-state index contributed by atoms with van der Waals surface area (Å²) in [5.41, 5.74) is 5.71. The molecule has 0 aliphatic heterocycles. The summed E-state index contributed by atoms with van der Waals surface area (Å²) in [6, 6.07) is 4.62. The van der Waals surface area contributed by atoms with E-state index in [9.17, 15) is 0 Å². The van der Waals surface area contributed by atoms with E-state index in [0.717, 1.165) is 12.8 Å². The zero-order chi connectivity index (χ0) is 12.8. The number of fused-ring (bicyclic) bond motifs is 1. The standard InChI is InChI=1S/C15H25N3/c1-2-3-4-5-8-14(18-16)13-10-9-12-7-6-11-17-15(12)13/h6-7,11,13-14,18H,2-5,8-10,16H2,1H3. The fourth-order valence-electron chi connectivity index (χ4n) is 3.03. The molecule has 1 aliphatic carbocycles. The van der Waals surface area contributed by atoms with Crippen molar-refractivity contribution in [2.75, 3.05) is 0 Å². The molecule has 2 unspecified atom stereocenters. The quantitative estimate of drug-likeness (QED) is 0.442. The summed E-state index contributed by atoms with van der Waals surface area (Å²) in [6.45, 7) is 2.25. The Balaban J connectivity index is 1.93. The zero-order valence-electron chi connectivity index (χ0n) is 11.4. The summed E-state index contributed by atoms with van der Waals surface area (Å²) in [5, 5.41) is 0. The lowest BCUT2D eigenvalue weighted by Gasteiger charge is -2.23. The summed E-state index contributed by atoms with van der Waals surface area (Å²) >= 11 is 0. The normalized spacial score (nSPS) is 19.8. The smallest absolute Gasteiger partial charge is 0.0482 e. The van der Waals surface area contributed by atoms with E-state index in [-0.39, 0.29) is 0 Å². The van der Waals surface area contributed by atoms with Crippen molar-refractivity contribution in [2.45, 2.75) is 63.8 Å². The number of hydrogen-bond acceptors (Lipinski definition) is 3. The first-order chi connectivity index (χ1) is 8.86. The Kier molecular flexibility index (Phi) is 5.14. The van der Waals surface area contributed by atoms with E-state index >= 15 is 0 Å². The van der Waals surface area contributed by atoms with Crippen LogP contribution in [0.5, 0.6) is 0 Å². The van der Waals surface area contributed by atoms with Crippen molar-refractivity contribution in [3.63, 3.8) is 0 Å². The predicted molar refractivity (Wildman–Crippen MR) is 75.2 cm³/mol. The monoisotopic (exact) mass is 247 g/mol. The predicted octanol–water partition coefficient (Wildman–Crippen LogP) is 2.91. The number of aromatic nitrogens is 1. The second-order valence-electron chi connectivity index (χ2n) is 5.32. The summed E-state index contributed by atoms with van der Waals surface area (Å²) in [7, 11) is 0. The van der Waals surface area contributed by atoms with Crippen molar-refractivity contribution in [2.24, 2.45) is 5.84 Å². The second kappa shape index (κ2) is 6.86. The van der Waals surface area contributed by atoms with Crippen molar-refractivity contribution in [1.82, 2.24) is 10.4 Å². The average Bonchev–Trinajstić information content (AvgIpc) is 2.83. The first kappa shape index (κ1) is 13.5. The molecule has 3 heteroatoms. The molecule has 0 fully saturated rings. The molecule has 0 aromatic carbocycles. The third kappa shape index (κ3) is 3.09. The SMILES string of the molecule is CCCCCCC(NN)C1CCc2cccnc21. The molecule has 1 aromatic rings. The van der Waals surface area contributed by atoms with Gasteiger partial charge in [0.15, 0.2) is 0 Å². The Morgan fingerprint density at radius 2 is 2.33 bits per heavy atom. The molecule has 0 spiro atoms. The van der Waals surface area contributed by atoms with Crippen molar-refractivity contribution in [1.29, 1.82) is 0 Å². The first-order valence-electron chi connectivity index (χ1n) is 7.26. The highest BCUT2D eigenvalue weighted by Gasteiger charge is 2.29. The van der Waals surface area contributed by atoms with Crippen LogP contribution in [0.25, 0.3) is 0 Å². The molecule has 1 aromatic heterocycles. The third-order valence-corrected chi connectivity index (χ3v) is 4.07. The van der Waals surface area contributed by atoms with Crippen molar-refractivity contribution in [3.8, 4) is 0 Å². The van der Waals surface area contributed by atoms with Gasteiger partial charge >= 0.3 is 0 Å². The highest BCUT2D eigenvalue weighted by atomic mass is 15.2. The molecule has 1 aliphatic rings. The van der Waals surface area contributed by atoms with Gasteiger partial charge in [-0.25, -0.2) is 0 Å². The van der Waals surface area contributed by atoms with Crippen LogP contribution >= 0.6 is 0 Å². The Bertz CT molecular complexity index is 365. The van der Waals surface area contributed by atoms with Crippen LogP contribution in [0.4, 0.5) is 0 Å². The van der Waals surface area contributed by atoms with Crippen LogP contribution in [0.2, 0.25) is 0 Å². The van der Waals surface area contributed by atoms with Gasteiger partial charge in [-0.3, -0.25) is 16.3 Å². The van der Waals surface area contributed by atoms with Gasteiger partial charge in [0.2, 0.25) is 0 Å². The van der Waals surface area contributed by atoms with Gasteiger partial charge < -0.3 is 0 Å². The molecule has 0 amide bonds. The van der Waals surface area contributed by atoms with E-state index in [1.165, 1.54) is 43.4 Å². The van der Waals surface area contributed by atoms with Crippen LogP contribution in [-0.2, 0) is 6.42 Å². The molecule has 3 nitrogen and oxygen atoms in total. The fourth-order valence-corrected chi connectivity index (χ4v) is 3.03. The lowest BCUT2D eigenvalue weighted by molar-refractivity contribution is 0.392. The number of nitrogens with two attached hydrogens (primary N) is 1. The number of nitrogens with zero attached hydrogens (tertiary/aromatic N) is 1. The van der Waals surface area contributed by atoms with E-state index in [2.05, 4.69) is 23.4 Å². The van der Waals surface area contributed by atoms with Gasteiger partial charge in [0, 0.05) is 23.9 Å². The summed E-state index contributed by atoms with van der Waals surface area (Å²) in [5.74, 6) is 6.25. The molecule has 3 N–H and O–H groups in total. The topological polar surface area (TPSA) is 50.9 Å². The average molecular weight is 247 g/mol. The Labute approximate surface area is 110 Å². The maximum absolute atomic E-state index is 5.75. The van der Waals surface area contributed by atoms with E-state index in [1.807, 2.05) is 12.3 Å². The number of nitrogens with one attached hydrogen (secondary N) is 1. The molecule has 100 valence electrons. The molecule has 2 rings (SSSR count). The van der Waals surface area contributed by atoms with Gasteiger partial charge in [0.05, 0.1) is 0 Å². The van der Waals surface area contributed by atoms with Crippen molar-refractivity contribution in [3.05, 3.63) is 29.6 Å². The van der Waals surface area contributed by atoms with Crippen LogP contribution in [0.1, 0.15) is 62.6 Å². The van der Waals surface area contributed by atoms with E-state index in [1.54, 1.807) is 0 Å².